The van der Waals surface area contributed by atoms with Crippen molar-refractivity contribution < 1.29 is 18.0 Å². The van der Waals surface area contributed by atoms with Crippen LogP contribution in [-0.4, -0.2) is 17.9 Å². The summed E-state index contributed by atoms with van der Waals surface area (Å²) in [5, 5.41) is 3.69. The first kappa shape index (κ1) is 19.5. The van der Waals surface area contributed by atoms with Crippen LogP contribution >= 0.6 is 27.7 Å². The first-order valence-electron chi connectivity index (χ1n) is 7.16. The van der Waals surface area contributed by atoms with Crippen molar-refractivity contribution in [1.82, 2.24) is 5.43 Å². The molecular weight excluding hydrogens is 417 g/mol. The minimum Gasteiger partial charge on any atom is -0.272 e. The number of carbonyl (C=O) groups excluding carboxylic acids is 1. The SMILES string of the molecule is O=C(CSCc1ccccc1Br)N/N=C\c1cccc(C(F)(F)F)c1. The third-order valence-electron chi connectivity index (χ3n) is 3.07. The van der Waals surface area contributed by atoms with Crippen molar-refractivity contribution in [3.8, 4) is 0 Å². The van der Waals surface area contributed by atoms with E-state index in [0.717, 1.165) is 22.2 Å². The van der Waals surface area contributed by atoms with Gasteiger partial charge < -0.3 is 0 Å². The van der Waals surface area contributed by atoms with Crippen LogP contribution in [0.1, 0.15) is 16.7 Å². The predicted molar refractivity (Wildman–Crippen MR) is 97.5 cm³/mol. The van der Waals surface area contributed by atoms with E-state index in [1.807, 2.05) is 24.3 Å². The molecule has 0 saturated carbocycles. The predicted octanol–water partition coefficient (Wildman–Crippen LogP) is 4.85. The first-order chi connectivity index (χ1) is 11.9. The van der Waals surface area contributed by atoms with E-state index in [1.54, 1.807) is 0 Å². The Morgan fingerprint density at radius 2 is 1.96 bits per heavy atom. The zero-order valence-corrected chi connectivity index (χ0v) is 15.3. The largest absolute Gasteiger partial charge is 0.416 e. The summed E-state index contributed by atoms with van der Waals surface area (Å²) in [5.74, 6) is 0.535. The Bertz CT molecular complexity index is 766. The molecule has 0 bridgehead atoms. The molecule has 0 unspecified atom stereocenters. The van der Waals surface area contributed by atoms with Crippen LogP contribution in [0.25, 0.3) is 0 Å². The van der Waals surface area contributed by atoms with E-state index in [4.69, 9.17) is 0 Å². The molecule has 0 heterocycles. The van der Waals surface area contributed by atoms with Crippen molar-refractivity contribution in [3.05, 3.63) is 69.7 Å². The van der Waals surface area contributed by atoms with Crippen molar-refractivity contribution in [2.24, 2.45) is 5.10 Å². The van der Waals surface area contributed by atoms with Gasteiger partial charge in [0.25, 0.3) is 0 Å². The van der Waals surface area contributed by atoms with E-state index in [-0.39, 0.29) is 17.2 Å². The van der Waals surface area contributed by atoms with Gasteiger partial charge in [-0.2, -0.15) is 18.3 Å². The van der Waals surface area contributed by atoms with E-state index < -0.39 is 11.7 Å². The Hall–Kier alpha value is -1.80. The van der Waals surface area contributed by atoms with Crippen molar-refractivity contribution in [2.75, 3.05) is 5.75 Å². The van der Waals surface area contributed by atoms with Gasteiger partial charge in [-0.3, -0.25) is 4.79 Å². The van der Waals surface area contributed by atoms with Gasteiger partial charge >= 0.3 is 6.18 Å². The number of alkyl halides is 3. The molecule has 8 heteroatoms. The maximum absolute atomic E-state index is 12.6. The number of hydrazone groups is 1. The highest BCUT2D eigenvalue weighted by Crippen LogP contribution is 2.29. The highest BCUT2D eigenvalue weighted by Gasteiger charge is 2.30. The van der Waals surface area contributed by atoms with Crippen LogP contribution in [0.5, 0.6) is 0 Å². The van der Waals surface area contributed by atoms with E-state index >= 15 is 0 Å². The number of amides is 1. The summed E-state index contributed by atoms with van der Waals surface area (Å²) >= 11 is 4.85. The third-order valence-corrected chi connectivity index (χ3v) is 4.82. The molecule has 2 aromatic carbocycles. The molecule has 0 spiro atoms. The Balaban J connectivity index is 1.80. The van der Waals surface area contributed by atoms with Crippen molar-refractivity contribution >= 4 is 39.8 Å². The lowest BCUT2D eigenvalue weighted by Crippen LogP contribution is -2.19. The van der Waals surface area contributed by atoms with Crippen LogP contribution in [0.4, 0.5) is 13.2 Å². The van der Waals surface area contributed by atoms with Gasteiger partial charge in [-0.15, -0.1) is 11.8 Å². The second-order valence-electron chi connectivity index (χ2n) is 5.00. The summed E-state index contributed by atoms with van der Waals surface area (Å²) in [6.07, 6.45) is -3.22. The number of carbonyl (C=O) groups is 1. The molecule has 0 aliphatic carbocycles. The van der Waals surface area contributed by atoms with Gasteiger partial charge in [-0.25, -0.2) is 5.43 Å². The van der Waals surface area contributed by atoms with Gasteiger partial charge in [0.1, 0.15) is 0 Å². The third kappa shape index (κ3) is 6.55. The van der Waals surface area contributed by atoms with E-state index in [1.165, 1.54) is 30.1 Å². The standard InChI is InChI=1S/C17H14BrF3N2OS/c18-15-7-2-1-5-13(15)10-25-11-16(24)23-22-9-12-4-3-6-14(8-12)17(19,20)21/h1-9H,10-11H2,(H,23,24)/b22-9-. The second-order valence-corrected chi connectivity index (χ2v) is 6.84. The molecule has 0 aromatic heterocycles. The number of halogens is 4. The molecule has 0 aliphatic heterocycles. The highest BCUT2D eigenvalue weighted by molar-refractivity contribution is 9.10. The van der Waals surface area contributed by atoms with Gasteiger partial charge in [0.05, 0.1) is 17.5 Å². The van der Waals surface area contributed by atoms with Crippen LogP contribution < -0.4 is 5.43 Å². The maximum atomic E-state index is 12.6. The summed E-state index contributed by atoms with van der Waals surface area (Å²) in [7, 11) is 0. The molecule has 2 rings (SSSR count). The highest BCUT2D eigenvalue weighted by atomic mass is 79.9. The fourth-order valence-electron chi connectivity index (χ4n) is 1.88. The average Bonchev–Trinajstić information content (AvgIpc) is 2.56. The summed E-state index contributed by atoms with van der Waals surface area (Å²) < 4.78 is 38.8. The zero-order valence-electron chi connectivity index (χ0n) is 12.9. The van der Waals surface area contributed by atoms with Crippen LogP contribution in [0.3, 0.4) is 0 Å². The molecule has 25 heavy (non-hydrogen) atoms. The molecule has 1 amide bonds. The quantitative estimate of drug-likeness (QED) is 0.525. The topological polar surface area (TPSA) is 41.5 Å². The number of benzene rings is 2. The number of hydrogen-bond acceptors (Lipinski definition) is 3. The molecule has 0 aliphatic rings. The summed E-state index contributed by atoms with van der Waals surface area (Å²) in [6, 6.07) is 12.4. The monoisotopic (exact) mass is 430 g/mol. The fraction of sp³-hybridized carbons (Fsp3) is 0.176. The average molecular weight is 431 g/mol. The van der Waals surface area contributed by atoms with Gasteiger partial charge in [-0.05, 0) is 29.3 Å². The number of nitrogens with zero attached hydrogens (tertiary/aromatic N) is 1. The molecule has 0 saturated heterocycles. The Labute approximate surface area is 155 Å². The fourth-order valence-corrected chi connectivity index (χ4v) is 3.31. The molecular formula is C17H14BrF3N2OS. The normalized spacial score (nSPS) is 11.7. The smallest absolute Gasteiger partial charge is 0.272 e. The second kappa shape index (κ2) is 9.05. The van der Waals surface area contributed by atoms with Crippen molar-refractivity contribution in [1.29, 1.82) is 0 Å². The molecule has 3 nitrogen and oxygen atoms in total. The summed E-state index contributed by atoms with van der Waals surface area (Å²) in [4.78, 5) is 11.7. The Kier molecular flexibility index (Phi) is 7.07. The van der Waals surface area contributed by atoms with Gasteiger partial charge in [-0.1, -0.05) is 46.3 Å². The van der Waals surface area contributed by atoms with E-state index in [2.05, 4.69) is 26.5 Å². The first-order valence-corrected chi connectivity index (χ1v) is 9.11. The number of hydrogen-bond donors (Lipinski definition) is 1. The van der Waals surface area contributed by atoms with Gasteiger partial charge in [0.15, 0.2) is 0 Å². The number of thioether (sulfide) groups is 1. The Morgan fingerprint density at radius 1 is 1.20 bits per heavy atom. The molecule has 1 N–H and O–H groups in total. The lowest BCUT2D eigenvalue weighted by atomic mass is 10.1. The van der Waals surface area contributed by atoms with Crippen LogP contribution in [0, 0.1) is 0 Å². The lowest BCUT2D eigenvalue weighted by molar-refractivity contribution is -0.137. The van der Waals surface area contributed by atoms with E-state index in [0.29, 0.717) is 5.75 Å². The minimum atomic E-state index is -4.41. The Morgan fingerprint density at radius 3 is 2.68 bits per heavy atom. The minimum absolute atomic E-state index is 0.196. The van der Waals surface area contributed by atoms with Crippen LogP contribution in [0.15, 0.2) is 58.1 Å². The molecule has 2 aromatic rings. The molecule has 0 fully saturated rings. The molecule has 0 atom stereocenters. The molecule has 132 valence electrons. The summed E-state index contributed by atoms with van der Waals surface area (Å²) in [5.41, 5.74) is 2.89. The van der Waals surface area contributed by atoms with Crippen LogP contribution in [0.2, 0.25) is 0 Å². The summed E-state index contributed by atoms with van der Waals surface area (Å²) in [6.45, 7) is 0. The zero-order chi connectivity index (χ0) is 18.3. The number of rotatable bonds is 6. The van der Waals surface area contributed by atoms with Crippen LogP contribution in [-0.2, 0) is 16.7 Å². The lowest BCUT2D eigenvalue weighted by Gasteiger charge is -2.06. The van der Waals surface area contributed by atoms with Gasteiger partial charge in [0, 0.05) is 10.2 Å². The van der Waals surface area contributed by atoms with Crippen molar-refractivity contribution in [2.45, 2.75) is 11.9 Å². The maximum Gasteiger partial charge on any atom is 0.416 e. The molecule has 0 radical (unpaired) electrons. The number of nitrogens with one attached hydrogen (secondary N) is 1. The van der Waals surface area contributed by atoms with E-state index in [9.17, 15) is 18.0 Å². The van der Waals surface area contributed by atoms with Gasteiger partial charge in [0.2, 0.25) is 5.91 Å². The van der Waals surface area contributed by atoms with Crippen molar-refractivity contribution in [3.63, 3.8) is 0 Å².